The van der Waals surface area contributed by atoms with Crippen molar-refractivity contribution < 1.29 is 71.4 Å². The topological polar surface area (TPSA) is 0 Å². The predicted molar refractivity (Wildman–Crippen MR) is 63.7 cm³/mol. The molecular weight excluding hydrogens is 323 g/mol. The summed E-state index contributed by atoms with van der Waals surface area (Å²) in [6.45, 7) is 1.80. The van der Waals surface area contributed by atoms with Crippen LogP contribution in [0, 0.1) is 30.4 Å². The first-order valence-electron chi connectivity index (χ1n) is 5.67. The minimum Gasteiger partial charge on any atom is -0.281 e. The zero-order valence-electron chi connectivity index (χ0n) is 10.9. The molecule has 0 aliphatic heterocycles. The van der Waals surface area contributed by atoms with Gasteiger partial charge in [-0.15, -0.1) is 11.6 Å². The first kappa shape index (κ1) is 17.1. The van der Waals surface area contributed by atoms with E-state index < -0.39 is 11.6 Å². The van der Waals surface area contributed by atoms with Crippen molar-refractivity contribution in [1.29, 1.82) is 0 Å². The molecule has 0 aliphatic carbocycles. The smallest absolute Gasteiger partial charge is 0.281 e. The van der Waals surface area contributed by atoms with Gasteiger partial charge in [0.25, 0.3) is 0 Å². The summed E-state index contributed by atoms with van der Waals surface area (Å²) < 4.78 is 39.9. The van der Waals surface area contributed by atoms with E-state index in [0.717, 1.165) is 5.56 Å². The maximum absolute atomic E-state index is 13.6. The van der Waals surface area contributed by atoms with E-state index in [4.69, 9.17) is 0 Å². The zero-order chi connectivity index (χ0) is 13.1. The molecule has 19 heavy (non-hydrogen) atoms. The van der Waals surface area contributed by atoms with Gasteiger partial charge in [0.05, 0.1) is 0 Å². The second-order valence-electron chi connectivity index (χ2n) is 4.23. The van der Waals surface area contributed by atoms with Crippen LogP contribution in [0.5, 0.6) is 0 Å². The van der Waals surface area contributed by atoms with Crippen LogP contribution in [-0.4, -0.2) is 0 Å². The standard InChI is InChI=1S/C15H12F3.Rb/c1-10-5-6-11(14(17)9-10)7-8-12-3-2-4-13(16)15(12)18;/h2-3,5-6,9H,7-8H2,1H3;/q-1;+1. The molecule has 0 fully saturated rings. The quantitative estimate of drug-likeness (QED) is 0.735. The molecule has 0 heterocycles. The Labute approximate surface area is 159 Å². The summed E-state index contributed by atoms with van der Waals surface area (Å²) in [5.41, 5.74) is 1.59. The molecule has 0 spiro atoms. The Balaban J connectivity index is 0.00000180. The molecule has 0 aliphatic rings. The van der Waals surface area contributed by atoms with Crippen LogP contribution in [0.4, 0.5) is 13.2 Å². The van der Waals surface area contributed by atoms with Crippen LogP contribution in [0.15, 0.2) is 30.3 Å². The molecule has 2 aromatic carbocycles. The number of benzene rings is 2. The Morgan fingerprint density at radius 1 is 1.00 bits per heavy atom. The van der Waals surface area contributed by atoms with Gasteiger partial charge in [-0.25, -0.2) is 8.78 Å². The third-order valence-corrected chi connectivity index (χ3v) is 2.84. The van der Waals surface area contributed by atoms with E-state index in [0.29, 0.717) is 12.0 Å². The monoisotopic (exact) mass is 334 g/mol. The van der Waals surface area contributed by atoms with Gasteiger partial charge in [-0.1, -0.05) is 12.1 Å². The van der Waals surface area contributed by atoms with Gasteiger partial charge in [-0.2, -0.15) is 12.1 Å². The van der Waals surface area contributed by atoms with Crippen molar-refractivity contribution in [2.45, 2.75) is 19.8 Å². The molecule has 0 aromatic heterocycles. The summed E-state index contributed by atoms with van der Waals surface area (Å²) in [5, 5.41) is 0. The minimum absolute atomic E-state index is 0. The van der Waals surface area contributed by atoms with E-state index >= 15 is 0 Å². The van der Waals surface area contributed by atoms with Crippen LogP contribution in [0.1, 0.15) is 16.7 Å². The average molecular weight is 335 g/mol. The Bertz CT molecular complexity index is 567. The summed E-state index contributed by atoms with van der Waals surface area (Å²) in [5.74, 6) is -2.19. The van der Waals surface area contributed by atoms with Crippen molar-refractivity contribution >= 4 is 0 Å². The van der Waals surface area contributed by atoms with Crippen LogP contribution in [-0.2, 0) is 12.8 Å². The molecule has 0 radical (unpaired) electrons. The second kappa shape index (κ2) is 7.72. The second-order valence-corrected chi connectivity index (χ2v) is 4.23. The maximum Gasteiger partial charge on any atom is 1.00 e. The zero-order valence-corrected chi connectivity index (χ0v) is 15.9. The first-order chi connectivity index (χ1) is 8.58. The fourth-order valence-electron chi connectivity index (χ4n) is 1.81. The van der Waals surface area contributed by atoms with Gasteiger partial charge in [-0.3, -0.25) is 4.39 Å². The van der Waals surface area contributed by atoms with Gasteiger partial charge in [-0.05, 0) is 37.0 Å². The predicted octanol–water partition coefficient (Wildman–Crippen LogP) is 1.00. The number of halogens is 3. The van der Waals surface area contributed by atoms with Crippen LogP contribution >= 0.6 is 0 Å². The summed E-state index contributed by atoms with van der Waals surface area (Å²) >= 11 is 0. The van der Waals surface area contributed by atoms with Gasteiger partial charge in [0.15, 0.2) is 0 Å². The van der Waals surface area contributed by atoms with Gasteiger partial charge >= 0.3 is 58.2 Å². The Morgan fingerprint density at radius 3 is 2.37 bits per heavy atom. The van der Waals surface area contributed by atoms with Crippen LogP contribution in [0.2, 0.25) is 0 Å². The summed E-state index contributed by atoms with van der Waals surface area (Å²) in [4.78, 5) is 0. The van der Waals surface area contributed by atoms with Crippen molar-refractivity contribution in [3.8, 4) is 0 Å². The molecule has 0 amide bonds. The molecular formula is C15H12F3Rb. The number of aryl methyl sites for hydroxylation is 3. The van der Waals surface area contributed by atoms with Crippen LogP contribution in [0.3, 0.4) is 0 Å². The van der Waals surface area contributed by atoms with Crippen molar-refractivity contribution in [2.75, 3.05) is 0 Å². The molecule has 0 atom stereocenters. The molecule has 0 bridgehead atoms. The fourth-order valence-corrected chi connectivity index (χ4v) is 1.81. The van der Waals surface area contributed by atoms with Crippen molar-refractivity contribution in [1.82, 2.24) is 0 Å². The largest absolute Gasteiger partial charge is 1.00 e. The average Bonchev–Trinajstić information content (AvgIpc) is 2.33. The van der Waals surface area contributed by atoms with Gasteiger partial charge < -0.3 is 0 Å². The van der Waals surface area contributed by atoms with Crippen LogP contribution < -0.4 is 58.2 Å². The van der Waals surface area contributed by atoms with Crippen molar-refractivity contribution in [3.05, 3.63) is 70.5 Å². The molecule has 4 heteroatoms. The molecule has 0 saturated carbocycles. The number of hydrogen-bond acceptors (Lipinski definition) is 0. The van der Waals surface area contributed by atoms with Gasteiger partial charge in [0, 0.05) is 11.6 Å². The van der Waals surface area contributed by atoms with Gasteiger partial charge in [0.2, 0.25) is 0 Å². The maximum atomic E-state index is 13.6. The molecule has 2 aromatic rings. The van der Waals surface area contributed by atoms with Crippen LogP contribution in [0.25, 0.3) is 0 Å². The Morgan fingerprint density at radius 2 is 1.68 bits per heavy atom. The van der Waals surface area contributed by atoms with E-state index in [9.17, 15) is 13.2 Å². The minimum atomic E-state index is -0.989. The molecule has 2 rings (SSSR count). The fraction of sp³-hybridized carbons (Fsp3) is 0.200. The van der Waals surface area contributed by atoms with E-state index in [1.807, 2.05) is 0 Å². The van der Waals surface area contributed by atoms with Crippen molar-refractivity contribution in [2.24, 2.45) is 0 Å². The van der Waals surface area contributed by atoms with Crippen molar-refractivity contribution in [3.63, 3.8) is 0 Å². The Kier molecular flexibility index (Phi) is 6.94. The van der Waals surface area contributed by atoms with E-state index in [2.05, 4.69) is 6.07 Å². The molecule has 0 N–H and O–H groups in total. The number of hydrogen-bond donors (Lipinski definition) is 0. The third-order valence-electron chi connectivity index (χ3n) is 2.84. The molecule has 0 saturated heterocycles. The summed E-state index contributed by atoms with van der Waals surface area (Å²) in [7, 11) is 0. The third kappa shape index (κ3) is 4.52. The van der Waals surface area contributed by atoms with Gasteiger partial charge in [0.1, 0.15) is 5.82 Å². The van der Waals surface area contributed by atoms with E-state index in [-0.39, 0.29) is 76.0 Å². The first-order valence-corrected chi connectivity index (χ1v) is 5.67. The summed E-state index contributed by atoms with van der Waals surface area (Å²) in [6.07, 6.45) is 0.601. The molecule has 94 valence electrons. The Hall–Kier alpha value is 0.0352. The normalized spacial score (nSPS) is 10.1. The SMILES string of the molecule is Cc1ccc(CCc2cc[c-]c(F)c2F)c(F)c1.[Rb+]. The van der Waals surface area contributed by atoms with E-state index in [1.165, 1.54) is 18.2 Å². The molecule has 0 nitrogen and oxygen atoms in total. The molecule has 0 unspecified atom stereocenters. The summed E-state index contributed by atoms with van der Waals surface area (Å²) in [6, 6.07) is 9.85. The van der Waals surface area contributed by atoms with E-state index in [1.54, 1.807) is 19.1 Å². The number of rotatable bonds is 3.